The van der Waals surface area contributed by atoms with Gasteiger partial charge in [-0.15, -0.1) is 0 Å². The van der Waals surface area contributed by atoms with Crippen LogP contribution in [0.3, 0.4) is 0 Å². The number of hydrogen-bond acceptors (Lipinski definition) is 4. The number of nitrogens with zero attached hydrogens (tertiary/aromatic N) is 3. The standard InChI is InChI=1S/C16H27N3O/c1-13(2)15-7-6-14(10-17-15)19-9-5-8-16(20,12-19)11-18(3)4/h6-7,10,13,20H,5,8-9,11-12H2,1-4H3/t16-/m0/s1. The maximum absolute atomic E-state index is 10.7. The van der Waals surface area contributed by atoms with Gasteiger partial charge in [0.05, 0.1) is 17.5 Å². The molecule has 0 saturated carbocycles. The fourth-order valence-electron chi connectivity index (χ4n) is 2.98. The highest BCUT2D eigenvalue weighted by Gasteiger charge is 2.33. The molecule has 4 nitrogen and oxygen atoms in total. The third-order valence-corrected chi connectivity index (χ3v) is 3.89. The monoisotopic (exact) mass is 277 g/mol. The van der Waals surface area contributed by atoms with Crippen molar-refractivity contribution in [1.82, 2.24) is 9.88 Å². The number of hydrogen-bond donors (Lipinski definition) is 1. The van der Waals surface area contributed by atoms with E-state index in [0.717, 1.165) is 30.8 Å². The lowest BCUT2D eigenvalue weighted by molar-refractivity contribution is 0.00369. The molecule has 4 heteroatoms. The molecular weight excluding hydrogens is 250 g/mol. The molecular formula is C16H27N3O. The zero-order valence-corrected chi connectivity index (χ0v) is 13.1. The third kappa shape index (κ3) is 3.70. The molecule has 20 heavy (non-hydrogen) atoms. The quantitative estimate of drug-likeness (QED) is 0.915. The van der Waals surface area contributed by atoms with Crippen molar-refractivity contribution in [2.24, 2.45) is 0 Å². The molecule has 1 aliphatic heterocycles. The van der Waals surface area contributed by atoms with Crippen LogP contribution in [0.15, 0.2) is 18.3 Å². The van der Waals surface area contributed by atoms with Crippen molar-refractivity contribution in [3.63, 3.8) is 0 Å². The van der Waals surface area contributed by atoms with E-state index in [1.54, 1.807) is 0 Å². The summed E-state index contributed by atoms with van der Waals surface area (Å²) in [6.07, 6.45) is 3.84. The Balaban J connectivity index is 2.08. The van der Waals surface area contributed by atoms with Crippen molar-refractivity contribution < 1.29 is 5.11 Å². The van der Waals surface area contributed by atoms with E-state index in [9.17, 15) is 5.11 Å². The van der Waals surface area contributed by atoms with Crippen LogP contribution in [-0.4, -0.2) is 54.3 Å². The van der Waals surface area contributed by atoms with Crippen LogP contribution in [0.5, 0.6) is 0 Å². The molecule has 0 aromatic carbocycles. The van der Waals surface area contributed by atoms with Crippen molar-refractivity contribution in [1.29, 1.82) is 0 Å². The van der Waals surface area contributed by atoms with Gasteiger partial charge in [-0.3, -0.25) is 4.98 Å². The number of likely N-dealkylation sites (N-methyl/N-ethyl adjacent to an activating group) is 1. The van der Waals surface area contributed by atoms with Crippen LogP contribution in [-0.2, 0) is 0 Å². The lowest BCUT2D eigenvalue weighted by Crippen LogP contribution is -2.53. The van der Waals surface area contributed by atoms with Gasteiger partial charge in [0.25, 0.3) is 0 Å². The minimum atomic E-state index is -0.613. The average molecular weight is 277 g/mol. The Labute approximate surface area is 122 Å². The molecule has 0 bridgehead atoms. The largest absolute Gasteiger partial charge is 0.387 e. The van der Waals surface area contributed by atoms with Gasteiger partial charge in [0.1, 0.15) is 0 Å². The molecule has 2 rings (SSSR count). The molecule has 1 aromatic rings. The molecule has 0 unspecified atom stereocenters. The number of rotatable bonds is 4. The van der Waals surface area contributed by atoms with Gasteiger partial charge in [0, 0.05) is 25.3 Å². The number of β-amino-alcohol motifs (C(OH)–C–C–N with tert-alkyl or cyclic N) is 1. The second-order valence-electron chi connectivity index (χ2n) is 6.58. The predicted molar refractivity (Wildman–Crippen MR) is 83.3 cm³/mol. The second-order valence-corrected chi connectivity index (χ2v) is 6.58. The average Bonchev–Trinajstić information content (AvgIpc) is 2.37. The first kappa shape index (κ1) is 15.3. The van der Waals surface area contributed by atoms with Gasteiger partial charge in [0.15, 0.2) is 0 Å². The minimum absolute atomic E-state index is 0.455. The Morgan fingerprint density at radius 2 is 2.15 bits per heavy atom. The molecule has 0 amide bonds. The summed E-state index contributed by atoms with van der Waals surface area (Å²) in [6, 6.07) is 4.23. The van der Waals surface area contributed by atoms with E-state index >= 15 is 0 Å². The zero-order valence-electron chi connectivity index (χ0n) is 13.1. The maximum atomic E-state index is 10.7. The number of aromatic nitrogens is 1. The van der Waals surface area contributed by atoms with E-state index in [2.05, 4.69) is 40.8 Å². The Morgan fingerprint density at radius 3 is 2.70 bits per heavy atom. The maximum Gasteiger partial charge on any atom is 0.0948 e. The van der Waals surface area contributed by atoms with E-state index < -0.39 is 5.60 Å². The van der Waals surface area contributed by atoms with Crippen LogP contribution in [0.1, 0.15) is 38.3 Å². The summed E-state index contributed by atoms with van der Waals surface area (Å²) >= 11 is 0. The van der Waals surface area contributed by atoms with Crippen LogP contribution in [0.25, 0.3) is 0 Å². The lowest BCUT2D eigenvalue weighted by Gasteiger charge is -2.41. The predicted octanol–water partition coefficient (Wildman–Crippen LogP) is 2.10. The summed E-state index contributed by atoms with van der Waals surface area (Å²) in [6.45, 7) is 6.70. The Morgan fingerprint density at radius 1 is 1.40 bits per heavy atom. The molecule has 2 heterocycles. The molecule has 1 aromatic heterocycles. The highest BCUT2D eigenvalue weighted by molar-refractivity contribution is 5.46. The van der Waals surface area contributed by atoms with Gasteiger partial charge in [0.2, 0.25) is 0 Å². The van der Waals surface area contributed by atoms with Gasteiger partial charge in [-0.2, -0.15) is 0 Å². The Kier molecular flexibility index (Phi) is 4.66. The Bertz CT molecular complexity index is 430. The van der Waals surface area contributed by atoms with Gasteiger partial charge in [-0.25, -0.2) is 0 Å². The summed E-state index contributed by atoms with van der Waals surface area (Å²) in [5.74, 6) is 0.455. The van der Waals surface area contributed by atoms with Crippen molar-refractivity contribution in [3.8, 4) is 0 Å². The summed E-state index contributed by atoms with van der Waals surface area (Å²) in [5, 5.41) is 10.7. The van der Waals surface area contributed by atoms with E-state index in [-0.39, 0.29) is 0 Å². The second kappa shape index (κ2) is 6.10. The van der Waals surface area contributed by atoms with Crippen molar-refractivity contribution in [2.45, 2.75) is 38.2 Å². The van der Waals surface area contributed by atoms with Crippen molar-refractivity contribution >= 4 is 5.69 Å². The molecule has 0 aliphatic carbocycles. The summed E-state index contributed by atoms with van der Waals surface area (Å²) in [4.78, 5) is 8.84. The summed E-state index contributed by atoms with van der Waals surface area (Å²) < 4.78 is 0. The highest BCUT2D eigenvalue weighted by Crippen LogP contribution is 2.26. The van der Waals surface area contributed by atoms with Crippen LogP contribution in [0.4, 0.5) is 5.69 Å². The van der Waals surface area contributed by atoms with Crippen LogP contribution >= 0.6 is 0 Å². The number of anilines is 1. The normalized spacial score (nSPS) is 23.6. The molecule has 1 N–H and O–H groups in total. The van der Waals surface area contributed by atoms with E-state index in [0.29, 0.717) is 19.0 Å². The van der Waals surface area contributed by atoms with Gasteiger partial charge < -0.3 is 14.9 Å². The highest BCUT2D eigenvalue weighted by atomic mass is 16.3. The molecule has 1 fully saturated rings. The van der Waals surface area contributed by atoms with Gasteiger partial charge >= 0.3 is 0 Å². The fraction of sp³-hybridized carbons (Fsp3) is 0.688. The first-order chi connectivity index (χ1) is 9.39. The molecule has 1 aliphatic rings. The summed E-state index contributed by atoms with van der Waals surface area (Å²) in [5.41, 5.74) is 1.62. The Hall–Kier alpha value is -1.13. The minimum Gasteiger partial charge on any atom is -0.387 e. The first-order valence-corrected chi connectivity index (χ1v) is 7.48. The van der Waals surface area contributed by atoms with E-state index in [1.807, 2.05) is 20.3 Å². The first-order valence-electron chi connectivity index (χ1n) is 7.48. The molecule has 0 spiro atoms. The third-order valence-electron chi connectivity index (χ3n) is 3.89. The topological polar surface area (TPSA) is 39.6 Å². The van der Waals surface area contributed by atoms with E-state index in [1.165, 1.54) is 0 Å². The number of piperidine rings is 1. The molecule has 112 valence electrons. The zero-order chi connectivity index (χ0) is 14.8. The van der Waals surface area contributed by atoms with Crippen LogP contribution < -0.4 is 4.90 Å². The smallest absolute Gasteiger partial charge is 0.0948 e. The molecule has 0 radical (unpaired) electrons. The van der Waals surface area contributed by atoms with Crippen LogP contribution in [0.2, 0.25) is 0 Å². The van der Waals surface area contributed by atoms with Gasteiger partial charge in [-0.05, 0) is 45.0 Å². The van der Waals surface area contributed by atoms with Crippen LogP contribution in [0, 0.1) is 0 Å². The molecule has 1 atom stereocenters. The van der Waals surface area contributed by atoms with Crippen molar-refractivity contribution in [3.05, 3.63) is 24.0 Å². The van der Waals surface area contributed by atoms with Gasteiger partial charge in [-0.1, -0.05) is 13.8 Å². The number of aliphatic hydroxyl groups is 1. The van der Waals surface area contributed by atoms with Crippen molar-refractivity contribution in [2.75, 3.05) is 38.6 Å². The fourth-order valence-corrected chi connectivity index (χ4v) is 2.98. The lowest BCUT2D eigenvalue weighted by atomic mass is 9.92. The SMILES string of the molecule is CC(C)c1ccc(N2CCC[C@](O)(CN(C)C)C2)cn1. The molecule has 1 saturated heterocycles. The summed E-state index contributed by atoms with van der Waals surface area (Å²) in [7, 11) is 4.02. The van der Waals surface area contributed by atoms with E-state index in [4.69, 9.17) is 0 Å². The number of pyridine rings is 1.